The number of methoxy groups -OCH3 is 1. The Kier molecular flexibility index (Phi) is 5.87. The number of amides is 1. The smallest absolute Gasteiger partial charge is 0.332 e. The number of hydrogen-bond donors (Lipinski definition) is 1. The summed E-state index contributed by atoms with van der Waals surface area (Å²) < 4.78 is 4.86. The van der Waals surface area contributed by atoms with Crippen molar-refractivity contribution in [3.05, 3.63) is 23.9 Å². The molecule has 1 aromatic heterocycles. The number of rotatable bonds is 6. The van der Waals surface area contributed by atoms with Crippen LogP contribution >= 0.6 is 11.8 Å². The minimum atomic E-state index is -0.923. The van der Waals surface area contributed by atoms with Crippen LogP contribution in [0.1, 0.15) is 30.6 Å². The fourth-order valence-corrected chi connectivity index (χ4v) is 3.94. The largest absolute Gasteiger partial charge is 0.467 e. The van der Waals surface area contributed by atoms with Gasteiger partial charge < -0.3 is 15.0 Å². The Balaban J connectivity index is 2.12. The summed E-state index contributed by atoms with van der Waals surface area (Å²) in [6, 6.07) is 3.57. The first-order valence-electron chi connectivity index (χ1n) is 7.76. The lowest BCUT2D eigenvalue weighted by atomic mass is 9.98. The zero-order valence-corrected chi connectivity index (χ0v) is 14.6. The summed E-state index contributed by atoms with van der Waals surface area (Å²) in [6.45, 7) is 5.84. The maximum Gasteiger partial charge on any atom is 0.332 e. The van der Waals surface area contributed by atoms with Gasteiger partial charge in [-0.15, -0.1) is 0 Å². The lowest BCUT2D eigenvalue weighted by Gasteiger charge is -2.26. The van der Waals surface area contributed by atoms with E-state index in [0.717, 1.165) is 24.7 Å². The highest BCUT2D eigenvalue weighted by Crippen LogP contribution is 2.29. The summed E-state index contributed by atoms with van der Waals surface area (Å²) in [6.07, 6.45) is 2.14. The Bertz CT molecular complexity index is 552. The predicted octanol–water partition coefficient (Wildman–Crippen LogP) is 1.71. The molecule has 1 aliphatic rings. The van der Waals surface area contributed by atoms with Crippen molar-refractivity contribution >= 4 is 29.5 Å². The van der Waals surface area contributed by atoms with Crippen LogP contribution in [0.2, 0.25) is 0 Å². The first kappa shape index (κ1) is 17.6. The van der Waals surface area contributed by atoms with E-state index in [9.17, 15) is 9.59 Å². The Morgan fingerprint density at radius 3 is 2.61 bits per heavy atom. The van der Waals surface area contributed by atoms with Crippen molar-refractivity contribution in [1.29, 1.82) is 0 Å². The molecule has 1 fully saturated rings. The molecule has 7 heteroatoms. The molecule has 0 aromatic carbocycles. The van der Waals surface area contributed by atoms with E-state index < -0.39 is 5.54 Å². The van der Waals surface area contributed by atoms with Gasteiger partial charge in [0.2, 0.25) is 0 Å². The van der Waals surface area contributed by atoms with Crippen LogP contribution in [0.4, 0.5) is 5.82 Å². The van der Waals surface area contributed by atoms with Crippen LogP contribution in [-0.4, -0.2) is 54.1 Å². The van der Waals surface area contributed by atoms with Crippen LogP contribution in [0.5, 0.6) is 0 Å². The van der Waals surface area contributed by atoms with Gasteiger partial charge in [-0.3, -0.25) is 4.79 Å². The first-order chi connectivity index (χ1) is 11.1. The number of nitrogens with zero attached hydrogens (tertiary/aromatic N) is 2. The van der Waals surface area contributed by atoms with Gasteiger partial charge in [-0.2, -0.15) is 11.8 Å². The molecule has 0 saturated carbocycles. The molecule has 1 N–H and O–H groups in total. The third-order valence-corrected chi connectivity index (χ3v) is 5.24. The van der Waals surface area contributed by atoms with Gasteiger partial charge in [0.05, 0.1) is 12.7 Å². The second-order valence-electron chi connectivity index (χ2n) is 5.41. The van der Waals surface area contributed by atoms with E-state index in [1.807, 2.05) is 6.07 Å². The quantitative estimate of drug-likeness (QED) is 0.797. The Morgan fingerprint density at radius 1 is 1.39 bits per heavy atom. The average molecular weight is 337 g/mol. The van der Waals surface area contributed by atoms with E-state index in [0.29, 0.717) is 17.7 Å². The molecule has 0 bridgehead atoms. The molecule has 1 amide bonds. The number of anilines is 1. The second-order valence-corrected chi connectivity index (χ2v) is 6.51. The number of thioether (sulfide) groups is 1. The van der Waals surface area contributed by atoms with Gasteiger partial charge in [-0.25, -0.2) is 9.78 Å². The highest BCUT2D eigenvalue weighted by Gasteiger charge is 2.44. The fourth-order valence-electron chi connectivity index (χ4n) is 2.62. The number of pyridine rings is 1. The molecule has 1 atom stereocenters. The lowest BCUT2D eigenvalue weighted by Crippen LogP contribution is -2.55. The van der Waals surface area contributed by atoms with Crippen molar-refractivity contribution in [2.24, 2.45) is 0 Å². The minimum absolute atomic E-state index is 0.295. The van der Waals surface area contributed by atoms with Crippen molar-refractivity contribution in [2.45, 2.75) is 25.8 Å². The second kappa shape index (κ2) is 7.68. The molecule has 0 radical (unpaired) electrons. The van der Waals surface area contributed by atoms with E-state index in [1.54, 1.807) is 24.0 Å². The van der Waals surface area contributed by atoms with Gasteiger partial charge >= 0.3 is 5.97 Å². The molecule has 2 rings (SSSR count). The van der Waals surface area contributed by atoms with Crippen LogP contribution in [-0.2, 0) is 9.53 Å². The summed E-state index contributed by atoms with van der Waals surface area (Å²) in [5.41, 5.74) is -0.477. The van der Waals surface area contributed by atoms with E-state index in [4.69, 9.17) is 4.74 Å². The van der Waals surface area contributed by atoms with E-state index in [1.165, 1.54) is 7.11 Å². The fraction of sp³-hybridized carbons (Fsp3) is 0.562. The van der Waals surface area contributed by atoms with Crippen molar-refractivity contribution in [3.63, 3.8) is 0 Å². The number of aromatic nitrogens is 1. The van der Waals surface area contributed by atoms with Gasteiger partial charge in [0, 0.05) is 25.0 Å². The Labute approximate surface area is 141 Å². The van der Waals surface area contributed by atoms with Crippen LogP contribution in [0.25, 0.3) is 0 Å². The third kappa shape index (κ3) is 3.77. The zero-order chi connectivity index (χ0) is 16.9. The van der Waals surface area contributed by atoms with Gasteiger partial charge in [0.15, 0.2) is 0 Å². The van der Waals surface area contributed by atoms with Crippen LogP contribution < -0.4 is 10.2 Å². The summed E-state index contributed by atoms with van der Waals surface area (Å²) in [7, 11) is 1.35. The van der Waals surface area contributed by atoms with Gasteiger partial charge in [0.25, 0.3) is 5.91 Å². The maximum absolute atomic E-state index is 12.5. The minimum Gasteiger partial charge on any atom is -0.467 e. The predicted molar refractivity (Wildman–Crippen MR) is 92.0 cm³/mol. The van der Waals surface area contributed by atoms with Crippen molar-refractivity contribution in [3.8, 4) is 0 Å². The molecular formula is C16H23N3O3S. The summed E-state index contributed by atoms with van der Waals surface area (Å²) >= 11 is 1.64. The summed E-state index contributed by atoms with van der Waals surface area (Å²) in [5, 5.41) is 2.85. The molecule has 1 aromatic rings. The molecule has 23 heavy (non-hydrogen) atoms. The number of carbonyl (C=O) groups excluding carboxylic acids is 2. The highest BCUT2D eigenvalue weighted by molar-refractivity contribution is 7.99. The zero-order valence-electron chi connectivity index (χ0n) is 13.8. The van der Waals surface area contributed by atoms with Gasteiger partial charge in [-0.1, -0.05) is 0 Å². The van der Waals surface area contributed by atoms with Crippen LogP contribution in [0.3, 0.4) is 0 Å². The molecule has 1 aliphatic heterocycles. The standard InChI is InChI=1S/C16H23N3O3S/c1-4-19(5-2)13-7-6-12(10-17-13)14(20)18-16(15(21)22-3)8-9-23-11-16/h6-7,10H,4-5,8-9,11H2,1-3H3,(H,18,20)/t16-/m1/s1. The molecular weight excluding hydrogens is 314 g/mol. The van der Waals surface area contributed by atoms with Crippen LogP contribution in [0.15, 0.2) is 18.3 Å². The number of esters is 1. The summed E-state index contributed by atoms with van der Waals surface area (Å²) in [4.78, 5) is 31.0. The van der Waals surface area contributed by atoms with Gasteiger partial charge in [-0.05, 0) is 38.2 Å². The SMILES string of the molecule is CCN(CC)c1ccc(C(=O)N[C@]2(C(=O)OC)CCSC2)cn1. The lowest BCUT2D eigenvalue weighted by molar-refractivity contribution is -0.147. The van der Waals surface area contributed by atoms with E-state index >= 15 is 0 Å². The summed E-state index contributed by atoms with van der Waals surface area (Å²) in [5.74, 6) is 1.52. The maximum atomic E-state index is 12.5. The third-order valence-electron chi connectivity index (χ3n) is 4.05. The number of ether oxygens (including phenoxy) is 1. The molecule has 0 spiro atoms. The topological polar surface area (TPSA) is 71.5 Å². The van der Waals surface area contributed by atoms with Crippen molar-refractivity contribution in [1.82, 2.24) is 10.3 Å². The molecule has 1 saturated heterocycles. The van der Waals surface area contributed by atoms with E-state index in [-0.39, 0.29) is 11.9 Å². The molecule has 0 aliphatic carbocycles. The molecule has 0 unspecified atom stereocenters. The number of hydrogen-bond acceptors (Lipinski definition) is 6. The molecule has 2 heterocycles. The van der Waals surface area contributed by atoms with Crippen molar-refractivity contribution < 1.29 is 14.3 Å². The average Bonchev–Trinajstić information content (AvgIpc) is 3.05. The number of nitrogens with one attached hydrogen (secondary N) is 1. The number of carbonyl (C=O) groups is 2. The normalized spacial score (nSPS) is 20.1. The Hall–Kier alpha value is -1.76. The van der Waals surface area contributed by atoms with E-state index in [2.05, 4.69) is 29.0 Å². The molecule has 6 nitrogen and oxygen atoms in total. The highest BCUT2D eigenvalue weighted by atomic mass is 32.2. The van der Waals surface area contributed by atoms with Crippen molar-refractivity contribution in [2.75, 3.05) is 36.6 Å². The first-order valence-corrected chi connectivity index (χ1v) is 8.91. The van der Waals surface area contributed by atoms with Gasteiger partial charge in [0.1, 0.15) is 11.4 Å². The Morgan fingerprint density at radius 2 is 2.13 bits per heavy atom. The van der Waals surface area contributed by atoms with Crippen LogP contribution in [0, 0.1) is 0 Å². The monoisotopic (exact) mass is 337 g/mol. The molecule has 126 valence electrons.